The maximum Gasteiger partial charge on any atom is 0.331 e. The van der Waals surface area contributed by atoms with Gasteiger partial charge in [0.15, 0.2) is 6.10 Å². The van der Waals surface area contributed by atoms with Crippen LogP contribution in [0.15, 0.2) is 54.6 Å². The molecule has 9 nitrogen and oxygen atoms in total. The fourth-order valence-electron chi connectivity index (χ4n) is 3.29. The first-order valence-electron chi connectivity index (χ1n) is 10.4. The summed E-state index contributed by atoms with van der Waals surface area (Å²) in [6.07, 6.45) is 1.63. The Hall–Kier alpha value is -3.98. The van der Waals surface area contributed by atoms with E-state index in [1.54, 1.807) is 16.8 Å². The van der Waals surface area contributed by atoms with Crippen LogP contribution in [0.1, 0.15) is 29.4 Å². The summed E-state index contributed by atoms with van der Waals surface area (Å²) in [7, 11) is 0. The molecule has 1 heterocycles. The van der Waals surface area contributed by atoms with Crippen LogP contribution < -0.4 is 5.32 Å². The van der Waals surface area contributed by atoms with Crippen LogP contribution in [0.5, 0.6) is 0 Å². The quantitative estimate of drug-likeness (QED) is 0.215. The first kappa shape index (κ1) is 24.7. The minimum absolute atomic E-state index is 0.0214. The van der Waals surface area contributed by atoms with E-state index >= 15 is 0 Å². The number of rotatable bonds is 8. The highest BCUT2D eigenvalue weighted by molar-refractivity contribution is 6.31. The van der Waals surface area contributed by atoms with Crippen molar-refractivity contribution < 1.29 is 19.2 Å². The van der Waals surface area contributed by atoms with Gasteiger partial charge in [0.1, 0.15) is 5.69 Å². The topological polar surface area (TPSA) is 116 Å². The Balaban J connectivity index is 1.65. The number of carbonyl (C=O) groups is 2. The van der Waals surface area contributed by atoms with Crippen molar-refractivity contribution in [1.29, 1.82) is 0 Å². The van der Waals surface area contributed by atoms with Gasteiger partial charge in [0.25, 0.3) is 11.6 Å². The average molecular weight is 483 g/mol. The fourth-order valence-corrected chi connectivity index (χ4v) is 3.48. The van der Waals surface area contributed by atoms with Crippen molar-refractivity contribution in [2.75, 3.05) is 5.32 Å². The highest BCUT2D eigenvalue weighted by atomic mass is 35.5. The van der Waals surface area contributed by atoms with E-state index in [-0.39, 0.29) is 11.4 Å². The van der Waals surface area contributed by atoms with Gasteiger partial charge in [-0.05, 0) is 44.5 Å². The van der Waals surface area contributed by atoms with Gasteiger partial charge in [-0.2, -0.15) is 5.10 Å². The number of nitro groups is 1. The molecule has 1 aromatic heterocycles. The monoisotopic (exact) mass is 482 g/mol. The number of ether oxygens (including phenoxy) is 1. The van der Waals surface area contributed by atoms with Crippen molar-refractivity contribution in [2.24, 2.45) is 0 Å². The number of anilines is 1. The zero-order valence-corrected chi connectivity index (χ0v) is 19.6. The van der Waals surface area contributed by atoms with E-state index < -0.39 is 22.9 Å². The van der Waals surface area contributed by atoms with E-state index in [0.717, 1.165) is 22.5 Å². The van der Waals surface area contributed by atoms with Gasteiger partial charge < -0.3 is 10.1 Å². The molecule has 34 heavy (non-hydrogen) atoms. The zero-order valence-electron chi connectivity index (χ0n) is 18.8. The standard InChI is InChI=1S/C24H23ClN4O5/c1-15-19(16(2)28(27-15)14-18-8-4-5-9-20(18)25)12-13-23(30)34-17(3)24(31)26-21-10-6-7-11-22(21)29(32)33/h4-13,17H,14H2,1-3H3,(H,26,31)/b13-12+. The molecule has 0 aliphatic heterocycles. The van der Waals surface area contributed by atoms with Crippen molar-refractivity contribution in [3.05, 3.63) is 92.3 Å². The lowest BCUT2D eigenvalue weighted by atomic mass is 10.1. The molecule has 0 radical (unpaired) electrons. The van der Waals surface area contributed by atoms with Gasteiger partial charge in [0.2, 0.25) is 0 Å². The largest absolute Gasteiger partial charge is 0.449 e. The molecule has 0 saturated carbocycles. The summed E-state index contributed by atoms with van der Waals surface area (Å²) in [5.74, 6) is -1.42. The first-order chi connectivity index (χ1) is 16.2. The number of esters is 1. The number of amides is 1. The van der Waals surface area contributed by atoms with E-state index in [1.807, 2.05) is 38.1 Å². The molecule has 3 rings (SSSR count). The summed E-state index contributed by atoms with van der Waals surface area (Å²) >= 11 is 6.24. The molecule has 10 heteroatoms. The minimum atomic E-state index is -1.16. The van der Waals surface area contributed by atoms with Crippen LogP contribution in [0.3, 0.4) is 0 Å². The minimum Gasteiger partial charge on any atom is -0.449 e. The van der Waals surface area contributed by atoms with E-state index in [1.165, 1.54) is 31.2 Å². The number of aryl methyl sites for hydroxylation is 1. The van der Waals surface area contributed by atoms with E-state index in [2.05, 4.69) is 10.4 Å². The molecule has 1 amide bonds. The number of para-hydroxylation sites is 2. The third-order valence-corrected chi connectivity index (χ3v) is 5.49. The van der Waals surface area contributed by atoms with Crippen molar-refractivity contribution in [3.8, 4) is 0 Å². The lowest BCUT2D eigenvalue weighted by Crippen LogP contribution is -2.29. The molecular weight excluding hydrogens is 460 g/mol. The summed E-state index contributed by atoms with van der Waals surface area (Å²) in [6, 6.07) is 13.2. The summed E-state index contributed by atoms with van der Waals surface area (Å²) in [6.45, 7) is 5.57. The Morgan fingerprint density at radius 2 is 1.88 bits per heavy atom. The maximum atomic E-state index is 12.4. The number of hydrogen-bond donors (Lipinski definition) is 1. The number of nitro benzene ring substituents is 1. The number of halogens is 1. The predicted octanol–water partition coefficient (Wildman–Crippen LogP) is 4.69. The number of aromatic nitrogens is 2. The second kappa shape index (κ2) is 10.8. The Bertz CT molecular complexity index is 1270. The lowest BCUT2D eigenvalue weighted by Gasteiger charge is -2.12. The molecule has 0 aliphatic carbocycles. The molecule has 1 N–H and O–H groups in total. The molecule has 0 fully saturated rings. The zero-order chi connectivity index (χ0) is 24.8. The molecule has 0 saturated heterocycles. The third kappa shape index (κ3) is 5.87. The van der Waals surface area contributed by atoms with Gasteiger partial charge in [-0.1, -0.05) is 41.9 Å². The predicted molar refractivity (Wildman–Crippen MR) is 129 cm³/mol. The van der Waals surface area contributed by atoms with Crippen LogP contribution in [-0.2, 0) is 20.9 Å². The Labute approximate surface area is 201 Å². The van der Waals surface area contributed by atoms with Crippen LogP contribution in [-0.4, -0.2) is 32.7 Å². The van der Waals surface area contributed by atoms with E-state index in [9.17, 15) is 19.7 Å². The number of hydrogen-bond acceptors (Lipinski definition) is 6. The van der Waals surface area contributed by atoms with Gasteiger partial charge >= 0.3 is 5.97 Å². The fraction of sp³-hybridized carbons (Fsp3) is 0.208. The van der Waals surface area contributed by atoms with Crippen molar-refractivity contribution in [2.45, 2.75) is 33.4 Å². The van der Waals surface area contributed by atoms with Crippen LogP contribution in [0.25, 0.3) is 6.08 Å². The Morgan fingerprint density at radius 1 is 1.21 bits per heavy atom. The van der Waals surface area contributed by atoms with Gasteiger partial charge in [-0.15, -0.1) is 0 Å². The first-order valence-corrected chi connectivity index (χ1v) is 10.8. The Morgan fingerprint density at radius 3 is 2.59 bits per heavy atom. The molecule has 0 aliphatic rings. The molecule has 0 bridgehead atoms. The molecular formula is C24H23ClN4O5. The van der Waals surface area contributed by atoms with Crippen LogP contribution in [0.4, 0.5) is 11.4 Å². The molecule has 0 spiro atoms. The van der Waals surface area contributed by atoms with E-state index in [0.29, 0.717) is 11.6 Å². The highest BCUT2D eigenvalue weighted by Gasteiger charge is 2.21. The number of nitrogens with one attached hydrogen (secondary N) is 1. The molecule has 1 unspecified atom stereocenters. The summed E-state index contributed by atoms with van der Waals surface area (Å²) < 4.78 is 6.95. The SMILES string of the molecule is Cc1nn(Cc2ccccc2Cl)c(C)c1/C=C/C(=O)OC(C)C(=O)Nc1ccccc1[N+](=O)[O-]. The van der Waals surface area contributed by atoms with Crippen molar-refractivity contribution in [1.82, 2.24) is 9.78 Å². The van der Waals surface area contributed by atoms with Gasteiger partial charge in [0.05, 0.1) is 17.2 Å². The van der Waals surface area contributed by atoms with Gasteiger partial charge in [-0.25, -0.2) is 4.79 Å². The van der Waals surface area contributed by atoms with Crippen LogP contribution >= 0.6 is 11.6 Å². The van der Waals surface area contributed by atoms with Crippen molar-refractivity contribution >= 4 is 40.9 Å². The van der Waals surface area contributed by atoms with Crippen LogP contribution in [0, 0.1) is 24.0 Å². The summed E-state index contributed by atoms with van der Waals surface area (Å²) in [5.41, 5.74) is 2.99. The maximum absolute atomic E-state index is 12.4. The Kier molecular flexibility index (Phi) is 7.80. The van der Waals surface area contributed by atoms with Crippen LogP contribution in [0.2, 0.25) is 5.02 Å². The smallest absolute Gasteiger partial charge is 0.331 e. The number of carbonyl (C=O) groups excluding carboxylic acids is 2. The average Bonchev–Trinajstić information content (AvgIpc) is 3.06. The summed E-state index contributed by atoms with van der Waals surface area (Å²) in [4.78, 5) is 35.1. The second-order valence-corrected chi connectivity index (χ2v) is 7.92. The van der Waals surface area contributed by atoms with E-state index in [4.69, 9.17) is 16.3 Å². The molecule has 2 aromatic carbocycles. The van der Waals surface area contributed by atoms with Gasteiger partial charge in [0, 0.05) is 28.4 Å². The molecule has 176 valence electrons. The highest BCUT2D eigenvalue weighted by Crippen LogP contribution is 2.24. The van der Waals surface area contributed by atoms with Crippen molar-refractivity contribution in [3.63, 3.8) is 0 Å². The normalized spacial score (nSPS) is 11.9. The number of benzene rings is 2. The third-order valence-electron chi connectivity index (χ3n) is 5.12. The number of nitrogens with zero attached hydrogens (tertiary/aromatic N) is 3. The molecule has 3 aromatic rings. The van der Waals surface area contributed by atoms with Gasteiger partial charge in [-0.3, -0.25) is 19.6 Å². The lowest BCUT2D eigenvalue weighted by molar-refractivity contribution is -0.383. The molecule has 1 atom stereocenters. The second-order valence-electron chi connectivity index (χ2n) is 7.51. The summed E-state index contributed by atoms with van der Waals surface area (Å²) in [5, 5.41) is 18.7.